The molecule has 1 aromatic heterocycles. The van der Waals surface area contributed by atoms with Gasteiger partial charge >= 0.3 is 0 Å². The van der Waals surface area contributed by atoms with Crippen LogP contribution in [0.5, 0.6) is 0 Å². The number of hydrogen-bond donors (Lipinski definition) is 1. The van der Waals surface area contributed by atoms with Crippen LogP contribution in [0.1, 0.15) is 36.5 Å². The van der Waals surface area contributed by atoms with Crippen molar-refractivity contribution < 1.29 is 14.7 Å². The van der Waals surface area contributed by atoms with E-state index in [2.05, 4.69) is 41.7 Å². The van der Waals surface area contributed by atoms with Gasteiger partial charge in [-0.15, -0.1) is 11.3 Å². The zero-order valence-corrected chi connectivity index (χ0v) is 16.0. The second kappa shape index (κ2) is 6.76. The van der Waals surface area contributed by atoms with E-state index in [0.717, 1.165) is 37.1 Å². The van der Waals surface area contributed by atoms with E-state index in [1.165, 1.54) is 20.2 Å². The van der Waals surface area contributed by atoms with Gasteiger partial charge in [0.1, 0.15) is 5.60 Å². The van der Waals surface area contributed by atoms with Gasteiger partial charge in [0.05, 0.1) is 22.6 Å². The molecule has 25 heavy (non-hydrogen) atoms. The van der Waals surface area contributed by atoms with Crippen molar-refractivity contribution in [3.05, 3.63) is 46.3 Å². The van der Waals surface area contributed by atoms with Gasteiger partial charge in [-0.05, 0) is 54.5 Å². The number of rotatable bonds is 4. The molecular formula is C19H21NO3S2. The van der Waals surface area contributed by atoms with E-state index >= 15 is 0 Å². The molecule has 0 radical (unpaired) electrons. The highest BCUT2D eigenvalue weighted by atomic mass is 32.2. The Hall–Kier alpha value is -1.34. The Labute approximate surface area is 155 Å². The van der Waals surface area contributed by atoms with Crippen LogP contribution < -0.4 is 0 Å². The molecule has 1 fully saturated rings. The molecule has 2 atom stereocenters. The van der Waals surface area contributed by atoms with Gasteiger partial charge in [0.25, 0.3) is 0 Å². The summed E-state index contributed by atoms with van der Waals surface area (Å²) in [6.45, 7) is 2.83. The molecule has 2 aliphatic rings. The van der Waals surface area contributed by atoms with E-state index in [4.69, 9.17) is 14.7 Å². The number of oxime groups is 1. The van der Waals surface area contributed by atoms with Gasteiger partial charge in [-0.3, -0.25) is 0 Å². The number of benzene rings is 1. The second-order valence-electron chi connectivity index (χ2n) is 6.48. The van der Waals surface area contributed by atoms with Gasteiger partial charge in [0.15, 0.2) is 0 Å². The van der Waals surface area contributed by atoms with E-state index < -0.39 is 0 Å². The number of thiophene rings is 1. The number of hydrogen-bond acceptors (Lipinski definition) is 6. The molecule has 2 aromatic rings. The first-order chi connectivity index (χ1) is 12.2. The third kappa shape index (κ3) is 2.91. The molecule has 6 heteroatoms. The lowest BCUT2D eigenvalue weighted by molar-refractivity contribution is -0.0645. The highest BCUT2D eigenvalue weighted by Crippen LogP contribution is 2.44. The molecule has 1 aromatic carbocycles. The Kier molecular flexibility index (Phi) is 4.62. The zero-order chi connectivity index (χ0) is 17.4. The van der Waals surface area contributed by atoms with Crippen LogP contribution in [0.3, 0.4) is 0 Å². The fourth-order valence-corrected chi connectivity index (χ4v) is 5.90. The van der Waals surface area contributed by atoms with Crippen LogP contribution in [0, 0.1) is 0 Å². The average Bonchev–Trinajstić information content (AvgIpc) is 3.33. The van der Waals surface area contributed by atoms with Crippen molar-refractivity contribution >= 4 is 28.8 Å². The summed E-state index contributed by atoms with van der Waals surface area (Å²) in [5.74, 6) is 0. The topological polar surface area (TPSA) is 51.0 Å². The summed E-state index contributed by atoms with van der Waals surface area (Å²) in [7, 11) is 1.77. The van der Waals surface area contributed by atoms with Crippen LogP contribution >= 0.6 is 23.1 Å². The summed E-state index contributed by atoms with van der Waals surface area (Å²) < 4.78 is 12.9. The summed E-state index contributed by atoms with van der Waals surface area (Å²) in [5, 5.41) is 14.7. The van der Waals surface area contributed by atoms with Crippen LogP contribution in [0.4, 0.5) is 0 Å². The van der Waals surface area contributed by atoms with Crippen molar-refractivity contribution in [1.29, 1.82) is 0 Å². The van der Waals surface area contributed by atoms with Gasteiger partial charge in [-0.2, -0.15) is 0 Å². The fraction of sp³-hybridized carbons (Fsp3) is 0.421. The summed E-state index contributed by atoms with van der Waals surface area (Å²) in [6.07, 6.45) is 2.73. The lowest BCUT2D eigenvalue weighted by Gasteiger charge is -2.30. The number of methoxy groups -OCH3 is 1. The van der Waals surface area contributed by atoms with E-state index in [-0.39, 0.29) is 11.7 Å². The molecule has 0 amide bonds. The highest BCUT2D eigenvalue weighted by molar-refractivity contribution is 8.01. The standard InChI is InChI=1S/C19H21NO3S2/c1-12-19(22-2,7-8-23-12)14-10-18(24-11-14)25-15-4-5-16-13(9-15)3-6-17(16)20-21/h4-5,9-12,21H,3,6-8H2,1-2H3. The van der Waals surface area contributed by atoms with Crippen molar-refractivity contribution in [2.24, 2.45) is 5.16 Å². The SMILES string of the molecule is COC1(c2csc(Sc3ccc4c(c3)CCC4=NO)c2)CCOC1C. The van der Waals surface area contributed by atoms with Crippen LogP contribution in [0.25, 0.3) is 0 Å². The van der Waals surface area contributed by atoms with Crippen molar-refractivity contribution in [2.45, 2.75) is 47.0 Å². The van der Waals surface area contributed by atoms with Crippen molar-refractivity contribution in [3.63, 3.8) is 0 Å². The zero-order valence-electron chi connectivity index (χ0n) is 14.3. The summed E-state index contributed by atoms with van der Waals surface area (Å²) >= 11 is 3.52. The van der Waals surface area contributed by atoms with Crippen molar-refractivity contribution in [2.75, 3.05) is 13.7 Å². The van der Waals surface area contributed by atoms with E-state index in [1.807, 2.05) is 0 Å². The number of ether oxygens (including phenoxy) is 2. The Morgan fingerprint density at radius 1 is 1.36 bits per heavy atom. The summed E-state index contributed by atoms with van der Waals surface area (Å²) in [6, 6.07) is 8.62. The predicted octanol–water partition coefficient (Wildman–Crippen LogP) is 4.67. The quantitative estimate of drug-likeness (QED) is 0.623. The molecule has 4 nitrogen and oxygen atoms in total. The Morgan fingerprint density at radius 2 is 2.24 bits per heavy atom. The minimum Gasteiger partial charge on any atom is -0.411 e. The molecule has 2 heterocycles. The van der Waals surface area contributed by atoms with Gasteiger partial charge in [-0.1, -0.05) is 23.0 Å². The maximum Gasteiger partial charge on any atom is 0.121 e. The molecular weight excluding hydrogens is 354 g/mol. The molecule has 0 saturated carbocycles. The smallest absolute Gasteiger partial charge is 0.121 e. The molecule has 0 bridgehead atoms. The molecule has 4 rings (SSSR count). The van der Waals surface area contributed by atoms with E-state index in [1.54, 1.807) is 30.2 Å². The first-order valence-electron chi connectivity index (χ1n) is 8.44. The predicted molar refractivity (Wildman–Crippen MR) is 100 cm³/mol. The molecule has 2 unspecified atom stereocenters. The lowest BCUT2D eigenvalue weighted by atomic mass is 9.90. The summed E-state index contributed by atoms with van der Waals surface area (Å²) in [5.41, 5.74) is 4.03. The van der Waals surface area contributed by atoms with Crippen LogP contribution in [0.15, 0.2) is 43.9 Å². The van der Waals surface area contributed by atoms with Crippen LogP contribution in [-0.2, 0) is 21.5 Å². The fourth-order valence-electron chi connectivity index (χ4n) is 3.81. The maximum absolute atomic E-state index is 9.06. The van der Waals surface area contributed by atoms with Crippen molar-refractivity contribution in [3.8, 4) is 0 Å². The first-order valence-corrected chi connectivity index (χ1v) is 10.1. The highest BCUT2D eigenvalue weighted by Gasteiger charge is 2.44. The van der Waals surface area contributed by atoms with Crippen LogP contribution in [0.2, 0.25) is 0 Å². The minimum atomic E-state index is -0.320. The van der Waals surface area contributed by atoms with Crippen LogP contribution in [-0.4, -0.2) is 30.7 Å². The molecule has 1 saturated heterocycles. The van der Waals surface area contributed by atoms with Gasteiger partial charge in [-0.25, -0.2) is 0 Å². The normalized spacial score (nSPS) is 27.1. The monoisotopic (exact) mass is 375 g/mol. The third-order valence-corrected chi connectivity index (χ3v) is 7.35. The molecule has 0 spiro atoms. The van der Waals surface area contributed by atoms with Gasteiger partial charge < -0.3 is 14.7 Å². The largest absolute Gasteiger partial charge is 0.411 e. The maximum atomic E-state index is 9.06. The average molecular weight is 376 g/mol. The first kappa shape index (κ1) is 17.1. The number of aryl methyl sites for hydroxylation is 1. The van der Waals surface area contributed by atoms with Crippen molar-refractivity contribution in [1.82, 2.24) is 0 Å². The Morgan fingerprint density at radius 3 is 2.96 bits per heavy atom. The van der Waals surface area contributed by atoms with Gasteiger partial charge in [0, 0.05) is 24.0 Å². The molecule has 1 aliphatic heterocycles. The molecule has 1 N–H and O–H groups in total. The van der Waals surface area contributed by atoms with E-state index in [9.17, 15) is 0 Å². The molecule has 1 aliphatic carbocycles. The third-order valence-electron chi connectivity index (χ3n) is 5.28. The van der Waals surface area contributed by atoms with Gasteiger partial charge in [0.2, 0.25) is 0 Å². The second-order valence-corrected chi connectivity index (χ2v) is 8.76. The summed E-state index contributed by atoms with van der Waals surface area (Å²) in [4.78, 5) is 1.22. The Bertz CT molecular complexity index is 817. The Balaban J connectivity index is 1.56. The number of nitrogens with zero attached hydrogens (tertiary/aromatic N) is 1. The molecule has 132 valence electrons. The number of fused-ring (bicyclic) bond motifs is 1. The lowest BCUT2D eigenvalue weighted by Crippen LogP contribution is -2.35. The van der Waals surface area contributed by atoms with E-state index in [0.29, 0.717) is 0 Å². The minimum absolute atomic E-state index is 0.0705.